The number of anilines is 1. The van der Waals surface area contributed by atoms with Gasteiger partial charge in [-0.15, -0.1) is 0 Å². The number of halogens is 1. The SMILES string of the molecule is CCC(C)NC(=O)C1CCC(=O)N1c1ccc(F)cc1. The molecule has 5 heteroatoms. The van der Waals surface area contributed by atoms with Crippen molar-refractivity contribution in [2.75, 3.05) is 4.90 Å². The highest BCUT2D eigenvalue weighted by atomic mass is 19.1. The van der Waals surface area contributed by atoms with E-state index in [-0.39, 0.29) is 23.7 Å². The Kier molecular flexibility index (Phi) is 4.37. The third kappa shape index (κ3) is 2.98. The minimum atomic E-state index is -0.498. The molecule has 0 spiro atoms. The summed E-state index contributed by atoms with van der Waals surface area (Å²) in [6, 6.07) is 5.23. The van der Waals surface area contributed by atoms with E-state index in [0.29, 0.717) is 18.5 Å². The van der Waals surface area contributed by atoms with Crippen molar-refractivity contribution in [1.29, 1.82) is 0 Å². The summed E-state index contributed by atoms with van der Waals surface area (Å²) in [5.74, 6) is -0.601. The molecule has 2 unspecified atom stereocenters. The van der Waals surface area contributed by atoms with Crippen LogP contribution in [0.4, 0.5) is 10.1 Å². The summed E-state index contributed by atoms with van der Waals surface area (Å²) in [5, 5.41) is 2.90. The van der Waals surface area contributed by atoms with E-state index >= 15 is 0 Å². The molecule has 2 rings (SSSR count). The predicted molar refractivity (Wildman–Crippen MR) is 74.8 cm³/mol. The molecule has 1 saturated heterocycles. The molecule has 0 aliphatic carbocycles. The maximum atomic E-state index is 13.0. The zero-order valence-corrected chi connectivity index (χ0v) is 11.7. The molecule has 108 valence electrons. The number of hydrogen-bond donors (Lipinski definition) is 1. The summed E-state index contributed by atoms with van der Waals surface area (Å²) in [5.41, 5.74) is 0.568. The second-order valence-corrected chi connectivity index (χ2v) is 5.11. The zero-order valence-electron chi connectivity index (χ0n) is 11.7. The predicted octanol–water partition coefficient (Wildman–Crippen LogP) is 2.24. The van der Waals surface area contributed by atoms with Gasteiger partial charge in [0.1, 0.15) is 11.9 Å². The van der Waals surface area contributed by atoms with Crippen LogP contribution < -0.4 is 10.2 Å². The van der Waals surface area contributed by atoms with Gasteiger partial charge in [-0.05, 0) is 44.0 Å². The lowest BCUT2D eigenvalue weighted by Gasteiger charge is -2.25. The van der Waals surface area contributed by atoms with E-state index in [1.165, 1.54) is 29.2 Å². The number of benzene rings is 1. The average molecular weight is 278 g/mol. The quantitative estimate of drug-likeness (QED) is 0.918. The number of nitrogens with one attached hydrogen (secondary N) is 1. The van der Waals surface area contributed by atoms with E-state index in [1.807, 2.05) is 13.8 Å². The minimum absolute atomic E-state index is 0.0771. The molecule has 1 fully saturated rings. The van der Waals surface area contributed by atoms with Gasteiger partial charge in [-0.1, -0.05) is 6.92 Å². The zero-order chi connectivity index (χ0) is 14.7. The van der Waals surface area contributed by atoms with Gasteiger partial charge in [-0.2, -0.15) is 0 Å². The van der Waals surface area contributed by atoms with Crippen molar-refractivity contribution in [3.8, 4) is 0 Å². The Hall–Kier alpha value is -1.91. The minimum Gasteiger partial charge on any atom is -0.352 e. The Morgan fingerprint density at radius 2 is 2.10 bits per heavy atom. The van der Waals surface area contributed by atoms with Gasteiger partial charge in [0.25, 0.3) is 0 Å². The number of carbonyl (C=O) groups excluding carboxylic acids is 2. The molecule has 0 bridgehead atoms. The molecular formula is C15H19FN2O2. The Morgan fingerprint density at radius 3 is 2.70 bits per heavy atom. The first-order valence-corrected chi connectivity index (χ1v) is 6.91. The molecule has 2 atom stereocenters. The number of nitrogens with zero attached hydrogens (tertiary/aromatic N) is 1. The van der Waals surface area contributed by atoms with Crippen molar-refractivity contribution in [2.24, 2.45) is 0 Å². The van der Waals surface area contributed by atoms with Crippen LogP contribution in [0.1, 0.15) is 33.1 Å². The lowest BCUT2D eigenvalue weighted by molar-refractivity contribution is -0.124. The van der Waals surface area contributed by atoms with Crippen molar-refractivity contribution in [3.63, 3.8) is 0 Å². The average Bonchev–Trinajstić information content (AvgIpc) is 2.81. The summed E-state index contributed by atoms with van der Waals surface area (Å²) in [7, 11) is 0. The van der Waals surface area contributed by atoms with Gasteiger partial charge in [0.2, 0.25) is 11.8 Å². The fourth-order valence-electron chi connectivity index (χ4n) is 2.30. The second kappa shape index (κ2) is 6.03. The Morgan fingerprint density at radius 1 is 1.45 bits per heavy atom. The van der Waals surface area contributed by atoms with Gasteiger partial charge in [-0.25, -0.2) is 4.39 Å². The van der Waals surface area contributed by atoms with Gasteiger partial charge in [0.05, 0.1) is 0 Å². The van der Waals surface area contributed by atoms with Crippen LogP contribution in [0, 0.1) is 5.82 Å². The maximum Gasteiger partial charge on any atom is 0.243 e. The molecular weight excluding hydrogens is 259 g/mol. The monoisotopic (exact) mass is 278 g/mol. The van der Waals surface area contributed by atoms with Crippen molar-refractivity contribution < 1.29 is 14.0 Å². The van der Waals surface area contributed by atoms with E-state index in [9.17, 15) is 14.0 Å². The Labute approximate surface area is 118 Å². The van der Waals surface area contributed by atoms with E-state index < -0.39 is 6.04 Å². The molecule has 4 nitrogen and oxygen atoms in total. The molecule has 20 heavy (non-hydrogen) atoms. The molecule has 0 radical (unpaired) electrons. The van der Waals surface area contributed by atoms with Crippen LogP contribution in [0.5, 0.6) is 0 Å². The van der Waals surface area contributed by atoms with Crippen molar-refractivity contribution in [3.05, 3.63) is 30.1 Å². The molecule has 1 aromatic carbocycles. The summed E-state index contributed by atoms with van der Waals surface area (Å²) in [6.45, 7) is 3.92. The van der Waals surface area contributed by atoms with Crippen LogP contribution in [-0.4, -0.2) is 23.9 Å². The standard InChI is InChI=1S/C15H19FN2O2/c1-3-10(2)17-15(20)13-8-9-14(19)18(13)12-6-4-11(16)5-7-12/h4-7,10,13H,3,8-9H2,1-2H3,(H,17,20). The lowest BCUT2D eigenvalue weighted by Crippen LogP contribution is -2.47. The third-order valence-electron chi connectivity index (χ3n) is 3.62. The van der Waals surface area contributed by atoms with Crippen LogP contribution >= 0.6 is 0 Å². The van der Waals surface area contributed by atoms with E-state index in [0.717, 1.165) is 6.42 Å². The Bertz CT molecular complexity index is 501. The van der Waals surface area contributed by atoms with Gasteiger partial charge in [-0.3, -0.25) is 14.5 Å². The molecule has 2 amide bonds. The van der Waals surface area contributed by atoms with E-state index in [1.54, 1.807) is 0 Å². The number of hydrogen-bond acceptors (Lipinski definition) is 2. The molecule has 0 aromatic heterocycles. The summed E-state index contributed by atoms with van der Waals surface area (Å²) < 4.78 is 13.0. The smallest absolute Gasteiger partial charge is 0.243 e. The summed E-state index contributed by atoms with van der Waals surface area (Å²) in [4.78, 5) is 25.7. The summed E-state index contributed by atoms with van der Waals surface area (Å²) >= 11 is 0. The molecule has 0 saturated carbocycles. The van der Waals surface area contributed by atoms with Crippen LogP contribution in [0.3, 0.4) is 0 Å². The highest BCUT2D eigenvalue weighted by Gasteiger charge is 2.37. The second-order valence-electron chi connectivity index (χ2n) is 5.11. The number of rotatable bonds is 4. The topological polar surface area (TPSA) is 49.4 Å². The van der Waals surface area contributed by atoms with Crippen LogP contribution in [0.15, 0.2) is 24.3 Å². The Balaban J connectivity index is 2.18. The normalized spacial score (nSPS) is 20.1. The fourth-order valence-corrected chi connectivity index (χ4v) is 2.30. The molecule has 1 N–H and O–H groups in total. The van der Waals surface area contributed by atoms with Gasteiger partial charge in [0.15, 0.2) is 0 Å². The molecule has 1 aromatic rings. The van der Waals surface area contributed by atoms with Gasteiger partial charge >= 0.3 is 0 Å². The first kappa shape index (κ1) is 14.5. The third-order valence-corrected chi connectivity index (χ3v) is 3.62. The van der Waals surface area contributed by atoms with Crippen molar-refractivity contribution in [2.45, 2.75) is 45.2 Å². The van der Waals surface area contributed by atoms with Crippen LogP contribution in [0.2, 0.25) is 0 Å². The van der Waals surface area contributed by atoms with E-state index in [2.05, 4.69) is 5.32 Å². The van der Waals surface area contributed by atoms with E-state index in [4.69, 9.17) is 0 Å². The van der Waals surface area contributed by atoms with Gasteiger partial charge < -0.3 is 5.32 Å². The highest BCUT2D eigenvalue weighted by molar-refractivity contribution is 6.03. The maximum absolute atomic E-state index is 13.0. The highest BCUT2D eigenvalue weighted by Crippen LogP contribution is 2.27. The van der Waals surface area contributed by atoms with Crippen molar-refractivity contribution >= 4 is 17.5 Å². The largest absolute Gasteiger partial charge is 0.352 e. The van der Waals surface area contributed by atoms with Crippen LogP contribution in [0.25, 0.3) is 0 Å². The number of carbonyl (C=O) groups is 2. The van der Waals surface area contributed by atoms with Crippen molar-refractivity contribution in [1.82, 2.24) is 5.32 Å². The van der Waals surface area contributed by atoms with Gasteiger partial charge in [0, 0.05) is 18.2 Å². The molecule has 1 aliphatic heterocycles. The summed E-state index contributed by atoms with van der Waals surface area (Å²) in [6.07, 6.45) is 1.68. The first-order valence-electron chi connectivity index (χ1n) is 6.91. The fraction of sp³-hybridized carbons (Fsp3) is 0.467. The first-order chi connectivity index (χ1) is 9.52. The number of amides is 2. The molecule has 1 heterocycles. The molecule has 1 aliphatic rings. The van der Waals surface area contributed by atoms with Crippen LogP contribution in [-0.2, 0) is 9.59 Å². The lowest BCUT2D eigenvalue weighted by atomic mass is 10.1.